The number of nitrogens with zero attached hydrogens (tertiary/aromatic N) is 1. The van der Waals surface area contributed by atoms with Crippen molar-refractivity contribution in [3.8, 4) is 0 Å². The quantitative estimate of drug-likeness (QED) is 0.748. The first-order valence-corrected chi connectivity index (χ1v) is 6.79. The van der Waals surface area contributed by atoms with Crippen molar-refractivity contribution in [3.05, 3.63) is 34.3 Å². The van der Waals surface area contributed by atoms with Gasteiger partial charge in [0, 0.05) is 16.6 Å². The number of carbonyl (C=O) groups is 1. The van der Waals surface area contributed by atoms with Crippen LogP contribution in [0, 0.1) is 5.92 Å². The van der Waals surface area contributed by atoms with E-state index in [-0.39, 0.29) is 5.78 Å². The van der Waals surface area contributed by atoms with Crippen molar-refractivity contribution in [2.75, 3.05) is 20.1 Å². The van der Waals surface area contributed by atoms with Gasteiger partial charge in [0.25, 0.3) is 0 Å². The number of Topliss-reactive ketones (excluding diaryl/α,β-unsaturated/α-hetero) is 1. The second-order valence-corrected chi connectivity index (χ2v) is 5.56. The first-order chi connectivity index (χ1) is 8.02. The van der Waals surface area contributed by atoms with E-state index < -0.39 is 0 Å². The maximum absolute atomic E-state index is 12.0. The lowest BCUT2D eigenvalue weighted by Crippen LogP contribution is -2.30. The van der Waals surface area contributed by atoms with Crippen LogP contribution in [-0.2, 0) is 0 Å². The average molecular weight is 298 g/mol. The molecule has 0 radical (unpaired) electrons. The summed E-state index contributed by atoms with van der Waals surface area (Å²) in [5, 5.41) is 0. The molecular weight excluding hydrogens is 278 g/mol. The molecule has 0 fully saturated rings. The Labute approximate surface area is 112 Å². The standard InChI is InChI=1S/C14H20BrNO/c1-4-11(2)9-16(3)10-14(17)12-6-5-7-13(15)8-12/h5-8,11H,4,9-10H2,1-3H3. The van der Waals surface area contributed by atoms with Gasteiger partial charge in [-0.3, -0.25) is 9.69 Å². The molecule has 0 aliphatic heterocycles. The van der Waals surface area contributed by atoms with Gasteiger partial charge < -0.3 is 0 Å². The second kappa shape index (κ2) is 6.92. The van der Waals surface area contributed by atoms with Gasteiger partial charge >= 0.3 is 0 Å². The molecule has 0 heterocycles. The number of likely N-dealkylation sites (N-methyl/N-ethyl adjacent to an activating group) is 1. The van der Waals surface area contributed by atoms with Gasteiger partial charge in [-0.1, -0.05) is 48.3 Å². The summed E-state index contributed by atoms with van der Waals surface area (Å²) in [6.45, 7) is 5.84. The van der Waals surface area contributed by atoms with Crippen LogP contribution in [0.1, 0.15) is 30.6 Å². The van der Waals surface area contributed by atoms with Gasteiger partial charge in [-0.25, -0.2) is 0 Å². The van der Waals surface area contributed by atoms with Crippen LogP contribution < -0.4 is 0 Å². The summed E-state index contributed by atoms with van der Waals surface area (Å²) in [6.07, 6.45) is 1.15. The Morgan fingerprint density at radius 3 is 2.76 bits per heavy atom. The zero-order valence-electron chi connectivity index (χ0n) is 10.7. The van der Waals surface area contributed by atoms with Crippen LogP contribution in [0.4, 0.5) is 0 Å². The summed E-state index contributed by atoms with van der Waals surface area (Å²) in [7, 11) is 2.00. The van der Waals surface area contributed by atoms with Crippen LogP contribution in [0.2, 0.25) is 0 Å². The van der Waals surface area contributed by atoms with E-state index >= 15 is 0 Å². The van der Waals surface area contributed by atoms with Gasteiger partial charge in [0.2, 0.25) is 0 Å². The molecule has 0 amide bonds. The third-order valence-electron chi connectivity index (χ3n) is 2.88. The van der Waals surface area contributed by atoms with Crippen molar-refractivity contribution < 1.29 is 4.79 Å². The first kappa shape index (κ1) is 14.4. The number of ketones is 1. The van der Waals surface area contributed by atoms with Crippen molar-refractivity contribution in [1.29, 1.82) is 0 Å². The minimum atomic E-state index is 0.178. The Morgan fingerprint density at radius 2 is 2.18 bits per heavy atom. The van der Waals surface area contributed by atoms with E-state index in [1.165, 1.54) is 0 Å². The fourth-order valence-corrected chi connectivity index (χ4v) is 2.12. The SMILES string of the molecule is CCC(C)CN(C)CC(=O)c1cccc(Br)c1. The summed E-state index contributed by atoms with van der Waals surface area (Å²) < 4.78 is 0.952. The highest BCUT2D eigenvalue weighted by molar-refractivity contribution is 9.10. The number of hydrogen-bond donors (Lipinski definition) is 0. The highest BCUT2D eigenvalue weighted by Crippen LogP contribution is 2.12. The molecule has 0 aromatic heterocycles. The average Bonchev–Trinajstić information content (AvgIpc) is 2.28. The summed E-state index contributed by atoms with van der Waals surface area (Å²) in [5.41, 5.74) is 0.773. The van der Waals surface area contributed by atoms with Crippen LogP contribution in [0.3, 0.4) is 0 Å². The van der Waals surface area contributed by atoms with Crippen molar-refractivity contribution in [2.24, 2.45) is 5.92 Å². The predicted octanol–water partition coefficient (Wildman–Crippen LogP) is 3.61. The van der Waals surface area contributed by atoms with Gasteiger partial charge in [-0.05, 0) is 25.1 Å². The topological polar surface area (TPSA) is 20.3 Å². The minimum Gasteiger partial charge on any atom is -0.299 e. The molecule has 17 heavy (non-hydrogen) atoms. The molecule has 0 aliphatic carbocycles. The lowest BCUT2D eigenvalue weighted by Gasteiger charge is -2.19. The van der Waals surface area contributed by atoms with Crippen LogP contribution in [-0.4, -0.2) is 30.8 Å². The number of carbonyl (C=O) groups excluding carboxylic acids is 1. The predicted molar refractivity (Wildman–Crippen MR) is 75.4 cm³/mol. The molecule has 0 saturated heterocycles. The van der Waals surface area contributed by atoms with Crippen molar-refractivity contribution in [1.82, 2.24) is 4.90 Å². The Balaban J connectivity index is 2.54. The first-order valence-electron chi connectivity index (χ1n) is 6.00. The summed E-state index contributed by atoms with van der Waals surface area (Å²) in [4.78, 5) is 14.1. The smallest absolute Gasteiger partial charge is 0.176 e. The van der Waals surface area contributed by atoms with E-state index in [0.717, 1.165) is 23.0 Å². The molecule has 1 unspecified atom stereocenters. The summed E-state index contributed by atoms with van der Waals surface area (Å²) in [5.74, 6) is 0.812. The Morgan fingerprint density at radius 1 is 1.47 bits per heavy atom. The molecule has 1 atom stereocenters. The lowest BCUT2D eigenvalue weighted by molar-refractivity contribution is 0.0938. The van der Waals surface area contributed by atoms with E-state index in [4.69, 9.17) is 0 Å². The zero-order valence-corrected chi connectivity index (χ0v) is 12.3. The van der Waals surface area contributed by atoms with Crippen LogP contribution in [0.25, 0.3) is 0 Å². The highest BCUT2D eigenvalue weighted by Gasteiger charge is 2.11. The number of hydrogen-bond acceptors (Lipinski definition) is 2. The fourth-order valence-electron chi connectivity index (χ4n) is 1.72. The maximum atomic E-state index is 12.0. The highest BCUT2D eigenvalue weighted by atomic mass is 79.9. The fraction of sp³-hybridized carbons (Fsp3) is 0.500. The molecule has 0 saturated carbocycles. The Bertz CT molecular complexity index is 378. The van der Waals surface area contributed by atoms with Gasteiger partial charge in [0.05, 0.1) is 6.54 Å². The number of rotatable bonds is 6. The van der Waals surface area contributed by atoms with E-state index in [2.05, 4.69) is 34.7 Å². The van der Waals surface area contributed by atoms with Crippen molar-refractivity contribution >= 4 is 21.7 Å². The normalized spacial score (nSPS) is 12.8. The third-order valence-corrected chi connectivity index (χ3v) is 3.37. The molecule has 1 aromatic rings. The third kappa shape index (κ3) is 5.00. The molecule has 94 valence electrons. The van der Waals surface area contributed by atoms with Crippen LogP contribution in [0.5, 0.6) is 0 Å². The van der Waals surface area contributed by atoms with Crippen molar-refractivity contribution in [3.63, 3.8) is 0 Å². The molecule has 0 bridgehead atoms. The molecule has 1 aromatic carbocycles. The Kier molecular flexibility index (Phi) is 5.86. The van der Waals surface area contributed by atoms with Crippen LogP contribution >= 0.6 is 15.9 Å². The van der Waals surface area contributed by atoms with E-state index in [1.807, 2.05) is 31.3 Å². The molecule has 1 rings (SSSR count). The monoisotopic (exact) mass is 297 g/mol. The second-order valence-electron chi connectivity index (χ2n) is 4.64. The number of benzene rings is 1. The van der Waals surface area contributed by atoms with Crippen LogP contribution in [0.15, 0.2) is 28.7 Å². The summed E-state index contributed by atoms with van der Waals surface area (Å²) >= 11 is 3.38. The van der Waals surface area contributed by atoms with Gasteiger partial charge in [0.1, 0.15) is 0 Å². The van der Waals surface area contributed by atoms with Gasteiger partial charge in [-0.2, -0.15) is 0 Å². The van der Waals surface area contributed by atoms with E-state index in [9.17, 15) is 4.79 Å². The molecule has 0 aliphatic rings. The summed E-state index contributed by atoms with van der Waals surface area (Å²) in [6, 6.07) is 7.56. The molecule has 0 spiro atoms. The van der Waals surface area contributed by atoms with Gasteiger partial charge in [-0.15, -0.1) is 0 Å². The molecular formula is C14H20BrNO. The minimum absolute atomic E-state index is 0.178. The van der Waals surface area contributed by atoms with Gasteiger partial charge in [0.15, 0.2) is 5.78 Å². The molecule has 2 nitrogen and oxygen atoms in total. The largest absolute Gasteiger partial charge is 0.299 e. The maximum Gasteiger partial charge on any atom is 0.176 e. The lowest BCUT2D eigenvalue weighted by atomic mass is 10.1. The molecule has 0 N–H and O–H groups in total. The zero-order chi connectivity index (χ0) is 12.8. The number of halogens is 1. The Hall–Kier alpha value is -0.670. The van der Waals surface area contributed by atoms with Crippen molar-refractivity contribution in [2.45, 2.75) is 20.3 Å². The van der Waals surface area contributed by atoms with E-state index in [0.29, 0.717) is 12.5 Å². The molecule has 3 heteroatoms. The van der Waals surface area contributed by atoms with E-state index in [1.54, 1.807) is 0 Å².